The highest BCUT2D eigenvalue weighted by molar-refractivity contribution is 7.09. The number of fused-ring (bicyclic) bond motifs is 1. The van der Waals surface area contributed by atoms with Gasteiger partial charge in [0.1, 0.15) is 11.1 Å². The van der Waals surface area contributed by atoms with Crippen LogP contribution in [0.15, 0.2) is 28.4 Å². The number of likely N-dealkylation sites (tertiary alicyclic amines) is 1. The fourth-order valence-corrected chi connectivity index (χ4v) is 4.90. The van der Waals surface area contributed by atoms with Gasteiger partial charge in [0.25, 0.3) is 0 Å². The molecule has 23 heavy (non-hydrogen) atoms. The Morgan fingerprint density at radius 3 is 3.09 bits per heavy atom. The minimum atomic E-state index is 0.233. The van der Waals surface area contributed by atoms with Crippen LogP contribution in [0.25, 0.3) is 0 Å². The van der Waals surface area contributed by atoms with E-state index in [1.54, 1.807) is 17.6 Å². The standard InChI is InChI=1S/C18H22N2O2S/c1-2-13(1)15-11-23-18(19-15)16-7-14-3-5-20(9-17(14)22-16)8-12-4-6-21-10-12/h4,6,10-11,13-14,16-17H,1-3,5,7-9H2/t14-,16-,17+/m1/s1. The van der Waals surface area contributed by atoms with Crippen LogP contribution >= 0.6 is 11.3 Å². The number of aromatic nitrogens is 1. The van der Waals surface area contributed by atoms with E-state index < -0.39 is 0 Å². The molecule has 4 heterocycles. The van der Waals surface area contributed by atoms with Crippen LogP contribution in [0.3, 0.4) is 0 Å². The molecule has 122 valence electrons. The van der Waals surface area contributed by atoms with Crippen LogP contribution < -0.4 is 0 Å². The molecule has 0 spiro atoms. The minimum Gasteiger partial charge on any atom is -0.472 e. The molecule has 1 aliphatic carbocycles. The highest BCUT2D eigenvalue weighted by atomic mass is 32.1. The monoisotopic (exact) mass is 330 g/mol. The Morgan fingerprint density at radius 2 is 2.26 bits per heavy atom. The summed E-state index contributed by atoms with van der Waals surface area (Å²) in [4.78, 5) is 7.35. The zero-order valence-electron chi connectivity index (χ0n) is 13.2. The zero-order valence-corrected chi connectivity index (χ0v) is 14.0. The zero-order chi connectivity index (χ0) is 15.2. The summed E-state index contributed by atoms with van der Waals surface area (Å²) in [7, 11) is 0. The summed E-state index contributed by atoms with van der Waals surface area (Å²) in [5, 5.41) is 3.46. The lowest BCUT2D eigenvalue weighted by atomic mass is 9.91. The van der Waals surface area contributed by atoms with E-state index >= 15 is 0 Å². The first-order valence-electron chi connectivity index (χ1n) is 8.69. The largest absolute Gasteiger partial charge is 0.472 e. The Morgan fingerprint density at radius 1 is 1.30 bits per heavy atom. The highest BCUT2D eigenvalue weighted by Crippen LogP contribution is 2.45. The molecule has 4 nitrogen and oxygen atoms in total. The van der Waals surface area contributed by atoms with Gasteiger partial charge in [-0.1, -0.05) is 0 Å². The summed E-state index contributed by atoms with van der Waals surface area (Å²) in [6, 6.07) is 2.05. The van der Waals surface area contributed by atoms with E-state index in [2.05, 4.69) is 16.3 Å². The number of hydrogen-bond donors (Lipinski definition) is 0. The van der Waals surface area contributed by atoms with Crippen molar-refractivity contribution in [2.45, 2.75) is 50.4 Å². The number of nitrogens with zero attached hydrogens (tertiary/aromatic N) is 2. The molecule has 3 aliphatic rings. The van der Waals surface area contributed by atoms with Gasteiger partial charge in [-0.2, -0.15) is 0 Å². The maximum absolute atomic E-state index is 6.40. The number of hydrogen-bond acceptors (Lipinski definition) is 5. The van der Waals surface area contributed by atoms with E-state index in [-0.39, 0.29) is 6.10 Å². The second-order valence-electron chi connectivity index (χ2n) is 7.20. The number of ether oxygens (including phenoxy) is 1. The van der Waals surface area contributed by atoms with Gasteiger partial charge in [-0.05, 0) is 44.2 Å². The molecule has 0 bridgehead atoms. The number of thiazole rings is 1. The van der Waals surface area contributed by atoms with Gasteiger partial charge in [-0.15, -0.1) is 11.3 Å². The molecule has 0 unspecified atom stereocenters. The fraction of sp³-hybridized carbons (Fsp3) is 0.611. The van der Waals surface area contributed by atoms with Crippen LogP contribution in [0.2, 0.25) is 0 Å². The Bertz CT molecular complexity index is 664. The first kappa shape index (κ1) is 14.2. The lowest BCUT2D eigenvalue weighted by Crippen LogP contribution is -2.41. The summed E-state index contributed by atoms with van der Waals surface area (Å²) in [5.74, 6) is 1.45. The fourth-order valence-electron chi connectivity index (χ4n) is 3.95. The van der Waals surface area contributed by atoms with Gasteiger partial charge in [0.2, 0.25) is 0 Å². The van der Waals surface area contributed by atoms with Crippen LogP contribution in [0, 0.1) is 5.92 Å². The van der Waals surface area contributed by atoms with Gasteiger partial charge >= 0.3 is 0 Å². The minimum absolute atomic E-state index is 0.233. The van der Waals surface area contributed by atoms with Crippen molar-refractivity contribution in [2.24, 2.45) is 5.92 Å². The maximum Gasteiger partial charge on any atom is 0.122 e. The van der Waals surface area contributed by atoms with Gasteiger partial charge in [0.15, 0.2) is 0 Å². The van der Waals surface area contributed by atoms with Crippen molar-refractivity contribution in [3.63, 3.8) is 0 Å². The summed E-state index contributed by atoms with van der Waals surface area (Å²) >= 11 is 1.80. The normalized spacial score (nSPS) is 31.4. The molecule has 0 radical (unpaired) electrons. The predicted molar refractivity (Wildman–Crippen MR) is 88.4 cm³/mol. The lowest BCUT2D eigenvalue weighted by Gasteiger charge is -2.33. The molecule has 3 atom stereocenters. The highest BCUT2D eigenvalue weighted by Gasteiger charge is 2.41. The van der Waals surface area contributed by atoms with E-state index in [1.165, 1.54) is 35.5 Å². The second kappa shape index (κ2) is 5.72. The third-order valence-corrected chi connectivity index (χ3v) is 6.39. The molecule has 2 saturated heterocycles. The molecule has 1 saturated carbocycles. The first-order valence-corrected chi connectivity index (χ1v) is 9.57. The van der Waals surface area contributed by atoms with E-state index in [1.807, 2.05) is 6.26 Å². The molecule has 0 aromatic carbocycles. The maximum atomic E-state index is 6.40. The summed E-state index contributed by atoms with van der Waals surface area (Å²) < 4.78 is 11.6. The van der Waals surface area contributed by atoms with E-state index in [9.17, 15) is 0 Å². The van der Waals surface area contributed by atoms with Gasteiger partial charge in [-0.3, -0.25) is 4.90 Å². The summed E-state index contributed by atoms with van der Waals surface area (Å²) in [6.45, 7) is 3.16. The SMILES string of the molecule is c1cc(CN2CC[C@@H]3C[C@H](c4nc(C5CC5)cs4)O[C@H]3C2)co1. The average molecular weight is 330 g/mol. The van der Waals surface area contributed by atoms with Crippen molar-refractivity contribution < 1.29 is 9.15 Å². The van der Waals surface area contributed by atoms with Gasteiger partial charge in [0.05, 0.1) is 24.3 Å². The quantitative estimate of drug-likeness (QED) is 0.850. The average Bonchev–Trinajstić information content (AvgIpc) is 2.99. The molecular weight excluding hydrogens is 308 g/mol. The lowest BCUT2D eigenvalue weighted by molar-refractivity contribution is -0.00946. The molecule has 2 aromatic rings. The molecule has 2 aromatic heterocycles. The van der Waals surface area contributed by atoms with Crippen LogP contribution in [0.1, 0.15) is 54.0 Å². The van der Waals surface area contributed by atoms with Crippen LogP contribution in [-0.4, -0.2) is 29.1 Å². The van der Waals surface area contributed by atoms with Crippen molar-refractivity contribution in [3.05, 3.63) is 40.2 Å². The smallest absolute Gasteiger partial charge is 0.122 e. The molecular formula is C18H22N2O2S. The predicted octanol–water partition coefficient (Wildman–Crippen LogP) is 3.97. The van der Waals surface area contributed by atoms with Crippen LogP contribution in [0.5, 0.6) is 0 Å². The number of piperidine rings is 1. The Hall–Kier alpha value is -1.17. The molecule has 0 N–H and O–H groups in total. The van der Waals surface area contributed by atoms with Crippen molar-refractivity contribution in [2.75, 3.05) is 13.1 Å². The van der Waals surface area contributed by atoms with E-state index in [0.717, 1.165) is 32.0 Å². The third kappa shape index (κ3) is 2.86. The van der Waals surface area contributed by atoms with E-state index in [0.29, 0.717) is 12.0 Å². The summed E-state index contributed by atoms with van der Waals surface area (Å²) in [5.41, 5.74) is 2.57. The Kier molecular flexibility index (Phi) is 3.53. The van der Waals surface area contributed by atoms with Crippen molar-refractivity contribution in [3.8, 4) is 0 Å². The molecule has 2 aliphatic heterocycles. The van der Waals surface area contributed by atoms with Gasteiger partial charge < -0.3 is 9.15 Å². The number of rotatable bonds is 4. The molecule has 3 fully saturated rings. The van der Waals surface area contributed by atoms with Crippen molar-refractivity contribution in [1.82, 2.24) is 9.88 Å². The second-order valence-corrected chi connectivity index (χ2v) is 8.09. The molecule has 0 amide bonds. The van der Waals surface area contributed by atoms with Crippen LogP contribution in [0.4, 0.5) is 0 Å². The first-order chi connectivity index (χ1) is 11.3. The molecule has 5 rings (SSSR count). The third-order valence-electron chi connectivity index (χ3n) is 5.43. The Labute approximate surface area is 140 Å². The topological polar surface area (TPSA) is 38.5 Å². The molecule has 5 heteroatoms. The summed E-state index contributed by atoms with van der Waals surface area (Å²) in [6.07, 6.45) is 9.24. The van der Waals surface area contributed by atoms with Crippen molar-refractivity contribution in [1.29, 1.82) is 0 Å². The Balaban J connectivity index is 1.23. The van der Waals surface area contributed by atoms with Gasteiger partial charge in [0, 0.05) is 30.0 Å². The van der Waals surface area contributed by atoms with E-state index in [4.69, 9.17) is 14.1 Å². The van der Waals surface area contributed by atoms with Crippen molar-refractivity contribution >= 4 is 11.3 Å². The van der Waals surface area contributed by atoms with Crippen LogP contribution in [-0.2, 0) is 11.3 Å². The van der Waals surface area contributed by atoms with Gasteiger partial charge in [-0.25, -0.2) is 4.98 Å². The number of furan rings is 1.